The normalized spacial score (nSPS) is 20.6. The first-order chi connectivity index (χ1) is 11.0. The maximum atomic E-state index is 11.7. The Morgan fingerprint density at radius 2 is 2.13 bits per heavy atom. The van der Waals surface area contributed by atoms with Crippen LogP contribution in [-0.4, -0.2) is 29.4 Å². The molecule has 23 heavy (non-hydrogen) atoms. The highest BCUT2D eigenvalue weighted by Crippen LogP contribution is 2.28. The van der Waals surface area contributed by atoms with Crippen molar-refractivity contribution < 1.29 is 33.9 Å². The highest BCUT2D eigenvalue weighted by molar-refractivity contribution is 5.75. The van der Waals surface area contributed by atoms with Gasteiger partial charge in [-0.2, -0.15) is 0 Å². The van der Waals surface area contributed by atoms with E-state index in [0.717, 1.165) is 6.92 Å². The number of carbonyl (C=O) groups excluding carboxylic acids is 2. The molecular weight excluding hydrogens is 306 g/mol. The van der Waals surface area contributed by atoms with Crippen LogP contribution in [0.1, 0.15) is 31.7 Å². The summed E-state index contributed by atoms with van der Waals surface area (Å²) in [5, 5.41) is 9.05. The number of nitrogens with two attached hydrogens (primary N) is 1. The van der Waals surface area contributed by atoms with E-state index < -0.39 is 24.3 Å². The molecule has 1 aliphatic rings. The van der Waals surface area contributed by atoms with E-state index in [1.807, 2.05) is 0 Å². The lowest BCUT2D eigenvalue weighted by molar-refractivity contribution is -0.270. The highest BCUT2D eigenvalue weighted by atomic mass is 17.2. The second kappa shape index (κ2) is 7.80. The molecule has 3 N–H and O–H groups in total. The van der Waals surface area contributed by atoms with Gasteiger partial charge in [-0.3, -0.25) is 0 Å². The van der Waals surface area contributed by atoms with Gasteiger partial charge in [0.05, 0.1) is 12.3 Å². The zero-order valence-electron chi connectivity index (χ0n) is 12.7. The summed E-state index contributed by atoms with van der Waals surface area (Å²) in [5.74, 6) is -1.10. The molecule has 2 rings (SSSR count). The smallest absolute Gasteiger partial charge is 0.384 e. The van der Waals surface area contributed by atoms with Gasteiger partial charge in [-0.05, 0) is 30.5 Å². The van der Waals surface area contributed by atoms with Crippen LogP contribution in [0.5, 0.6) is 5.75 Å². The molecule has 0 bridgehead atoms. The molecule has 0 saturated carbocycles. The Kier molecular flexibility index (Phi) is 5.78. The second-order valence-corrected chi connectivity index (χ2v) is 5.11. The lowest BCUT2D eigenvalue weighted by atomic mass is 10.1. The first-order valence-corrected chi connectivity index (χ1v) is 7.20. The molecule has 0 radical (unpaired) electrons. The molecule has 0 spiro atoms. The quantitative estimate of drug-likeness (QED) is 0.479. The van der Waals surface area contributed by atoms with Gasteiger partial charge >= 0.3 is 11.9 Å². The zero-order valence-corrected chi connectivity index (χ0v) is 12.7. The van der Waals surface area contributed by atoms with Crippen molar-refractivity contribution in [3.05, 3.63) is 23.8 Å². The molecule has 8 nitrogen and oxygen atoms in total. The number of aliphatic hydroxyl groups is 1. The highest BCUT2D eigenvalue weighted by Gasteiger charge is 2.31. The van der Waals surface area contributed by atoms with E-state index in [2.05, 4.69) is 9.78 Å². The van der Waals surface area contributed by atoms with E-state index in [4.69, 9.17) is 20.3 Å². The van der Waals surface area contributed by atoms with Crippen LogP contribution in [-0.2, 0) is 30.7 Å². The van der Waals surface area contributed by atoms with Gasteiger partial charge < -0.3 is 20.3 Å². The fourth-order valence-electron chi connectivity index (χ4n) is 2.15. The number of benzene rings is 1. The van der Waals surface area contributed by atoms with Crippen LogP contribution >= 0.6 is 0 Å². The molecule has 1 fully saturated rings. The van der Waals surface area contributed by atoms with Crippen LogP contribution in [0.2, 0.25) is 0 Å². The first-order valence-electron chi connectivity index (χ1n) is 7.20. The Bertz CT molecular complexity index is 575. The molecule has 1 aromatic rings. The molecule has 8 heteroatoms. The van der Waals surface area contributed by atoms with Gasteiger partial charge in [0.1, 0.15) is 5.75 Å². The van der Waals surface area contributed by atoms with Crippen molar-refractivity contribution in [2.75, 3.05) is 5.73 Å². The lowest BCUT2D eigenvalue weighted by Crippen LogP contribution is -2.37. The molecular formula is C15H19NO7. The van der Waals surface area contributed by atoms with Crippen LogP contribution in [0, 0.1) is 0 Å². The lowest BCUT2D eigenvalue weighted by Gasteiger charge is -2.28. The molecule has 1 aromatic carbocycles. The predicted molar refractivity (Wildman–Crippen MR) is 77.8 cm³/mol. The number of rotatable bonds is 4. The summed E-state index contributed by atoms with van der Waals surface area (Å²) in [5.41, 5.74) is 6.88. The van der Waals surface area contributed by atoms with Crippen molar-refractivity contribution in [3.8, 4) is 5.75 Å². The Labute approximate surface area is 133 Å². The molecule has 126 valence electrons. The number of carbonyl (C=O) groups is 2. The van der Waals surface area contributed by atoms with Gasteiger partial charge in [0, 0.05) is 13.3 Å². The summed E-state index contributed by atoms with van der Waals surface area (Å²) < 4.78 is 11.2. The van der Waals surface area contributed by atoms with Crippen molar-refractivity contribution in [3.63, 3.8) is 0 Å². The standard InChI is InChI=1S/C15H19NO7/c1-9(18)22-23-15(19)13-3-2-4-14(21-13)20-12-6-5-10(8-17)7-11(12)16/h5-7,13-14,17H,2-4,8,16H2,1H3. The summed E-state index contributed by atoms with van der Waals surface area (Å²) in [6.45, 7) is 1.01. The minimum absolute atomic E-state index is 0.117. The van der Waals surface area contributed by atoms with Crippen molar-refractivity contribution in [2.24, 2.45) is 0 Å². The number of anilines is 1. The molecule has 0 amide bonds. The Balaban J connectivity index is 1.93. The van der Waals surface area contributed by atoms with Crippen LogP contribution in [0.4, 0.5) is 5.69 Å². The summed E-state index contributed by atoms with van der Waals surface area (Å²) >= 11 is 0. The van der Waals surface area contributed by atoms with E-state index in [1.54, 1.807) is 18.2 Å². The number of hydrogen-bond donors (Lipinski definition) is 2. The largest absolute Gasteiger partial charge is 0.463 e. The van der Waals surface area contributed by atoms with E-state index in [0.29, 0.717) is 36.3 Å². The number of aliphatic hydroxyl groups excluding tert-OH is 1. The predicted octanol–water partition coefficient (Wildman–Crippen LogP) is 1.06. The Morgan fingerprint density at radius 3 is 2.78 bits per heavy atom. The van der Waals surface area contributed by atoms with Gasteiger partial charge in [0.15, 0.2) is 6.10 Å². The zero-order chi connectivity index (χ0) is 16.8. The first kappa shape index (κ1) is 17.0. The molecule has 2 unspecified atom stereocenters. The summed E-state index contributed by atoms with van der Waals surface area (Å²) in [6, 6.07) is 4.91. The second-order valence-electron chi connectivity index (χ2n) is 5.11. The number of ether oxygens (including phenoxy) is 2. The maximum Gasteiger partial charge on any atom is 0.384 e. The van der Waals surface area contributed by atoms with Crippen molar-refractivity contribution >= 4 is 17.6 Å². The third-order valence-electron chi connectivity index (χ3n) is 3.24. The monoisotopic (exact) mass is 325 g/mol. The van der Waals surface area contributed by atoms with Gasteiger partial charge in [-0.25, -0.2) is 19.4 Å². The third kappa shape index (κ3) is 4.83. The van der Waals surface area contributed by atoms with Crippen molar-refractivity contribution in [1.29, 1.82) is 0 Å². The minimum Gasteiger partial charge on any atom is -0.463 e. The fourth-order valence-corrected chi connectivity index (χ4v) is 2.15. The maximum absolute atomic E-state index is 11.7. The van der Waals surface area contributed by atoms with Crippen LogP contribution in [0.3, 0.4) is 0 Å². The molecule has 0 aromatic heterocycles. The molecule has 1 heterocycles. The average Bonchev–Trinajstić information content (AvgIpc) is 2.54. The third-order valence-corrected chi connectivity index (χ3v) is 3.24. The minimum atomic E-state index is -0.869. The topological polar surface area (TPSA) is 117 Å². The number of hydrogen-bond acceptors (Lipinski definition) is 8. The van der Waals surface area contributed by atoms with Gasteiger partial charge in [0.2, 0.25) is 6.29 Å². The van der Waals surface area contributed by atoms with Crippen LogP contribution in [0.15, 0.2) is 18.2 Å². The van der Waals surface area contributed by atoms with Gasteiger partial charge in [-0.15, -0.1) is 0 Å². The average molecular weight is 325 g/mol. The van der Waals surface area contributed by atoms with E-state index >= 15 is 0 Å². The van der Waals surface area contributed by atoms with Crippen molar-refractivity contribution in [1.82, 2.24) is 0 Å². The fraction of sp³-hybridized carbons (Fsp3) is 0.467. The van der Waals surface area contributed by atoms with E-state index in [-0.39, 0.29) is 6.61 Å². The summed E-state index contributed by atoms with van der Waals surface area (Å²) in [6.07, 6.45) is 0.170. The van der Waals surface area contributed by atoms with Gasteiger partial charge in [-0.1, -0.05) is 6.07 Å². The summed E-state index contributed by atoms with van der Waals surface area (Å²) in [7, 11) is 0. The number of nitrogen functional groups attached to an aromatic ring is 1. The summed E-state index contributed by atoms with van der Waals surface area (Å²) in [4.78, 5) is 30.9. The Hall–Kier alpha value is -2.32. The molecule has 1 saturated heterocycles. The molecule has 2 atom stereocenters. The van der Waals surface area contributed by atoms with Crippen LogP contribution in [0.25, 0.3) is 0 Å². The molecule has 1 aliphatic heterocycles. The van der Waals surface area contributed by atoms with E-state index in [9.17, 15) is 9.59 Å². The van der Waals surface area contributed by atoms with E-state index in [1.165, 1.54) is 0 Å². The van der Waals surface area contributed by atoms with Crippen LogP contribution < -0.4 is 10.5 Å². The molecule has 0 aliphatic carbocycles. The van der Waals surface area contributed by atoms with Gasteiger partial charge in [0.25, 0.3) is 0 Å². The van der Waals surface area contributed by atoms with Crippen molar-refractivity contribution in [2.45, 2.75) is 45.2 Å². The Morgan fingerprint density at radius 1 is 1.35 bits per heavy atom. The SMILES string of the molecule is CC(=O)OOC(=O)C1CCCC(Oc2ccc(CO)cc2N)O1.